The van der Waals surface area contributed by atoms with Gasteiger partial charge >= 0.3 is 12.3 Å². The van der Waals surface area contributed by atoms with Crippen molar-refractivity contribution in [2.24, 2.45) is 0 Å². The Morgan fingerprint density at radius 1 is 1.10 bits per heavy atom. The molecule has 0 spiro atoms. The summed E-state index contributed by atoms with van der Waals surface area (Å²) in [6, 6.07) is 2.75. The summed E-state index contributed by atoms with van der Waals surface area (Å²) in [7, 11) is -4.29. The van der Waals surface area contributed by atoms with Crippen LogP contribution in [0, 0.1) is 0 Å². The standard InChI is InChI=1S/C12H14F3NO4S/c1-11(2,3)20-10(17)16-21(18,19)9-6-4-8(5-7-9)12(13,14)15/h4-7H,1-3H3,(H,16,17). The van der Waals surface area contributed by atoms with Gasteiger partial charge in [0, 0.05) is 0 Å². The molecule has 0 radical (unpaired) electrons. The zero-order valence-corrected chi connectivity index (χ0v) is 12.3. The molecule has 0 bridgehead atoms. The van der Waals surface area contributed by atoms with Gasteiger partial charge in [0.05, 0.1) is 10.5 Å². The van der Waals surface area contributed by atoms with Crippen molar-refractivity contribution < 1.29 is 31.1 Å². The molecule has 0 heterocycles. The molecule has 1 rings (SSSR count). The fraction of sp³-hybridized carbons (Fsp3) is 0.417. The Morgan fingerprint density at radius 2 is 1.57 bits per heavy atom. The van der Waals surface area contributed by atoms with Gasteiger partial charge in [-0.1, -0.05) is 0 Å². The summed E-state index contributed by atoms with van der Waals surface area (Å²) in [6.07, 6.45) is -5.77. The first kappa shape index (κ1) is 17.3. The average Bonchev–Trinajstić information content (AvgIpc) is 2.24. The molecule has 0 saturated heterocycles. The summed E-state index contributed by atoms with van der Waals surface area (Å²) < 4.78 is 67.1. The minimum Gasteiger partial charge on any atom is -0.443 e. The highest BCUT2D eigenvalue weighted by molar-refractivity contribution is 7.90. The molecule has 0 aliphatic carbocycles. The molecule has 9 heteroatoms. The summed E-state index contributed by atoms with van der Waals surface area (Å²) >= 11 is 0. The molecular weight excluding hydrogens is 311 g/mol. The second-order valence-corrected chi connectivity index (χ2v) is 6.81. The van der Waals surface area contributed by atoms with Gasteiger partial charge in [0.15, 0.2) is 0 Å². The zero-order chi connectivity index (χ0) is 16.5. The maximum atomic E-state index is 12.4. The molecule has 0 unspecified atom stereocenters. The van der Waals surface area contributed by atoms with E-state index < -0.39 is 38.4 Å². The number of carbonyl (C=O) groups is 1. The molecular formula is C12H14F3NO4S. The maximum Gasteiger partial charge on any atom is 0.421 e. The molecule has 118 valence electrons. The molecule has 1 aromatic rings. The Labute approximate surface area is 120 Å². The lowest BCUT2D eigenvalue weighted by Gasteiger charge is -2.19. The van der Waals surface area contributed by atoms with Crippen LogP contribution in [0.4, 0.5) is 18.0 Å². The lowest BCUT2D eigenvalue weighted by Crippen LogP contribution is -2.36. The van der Waals surface area contributed by atoms with Gasteiger partial charge < -0.3 is 4.74 Å². The van der Waals surface area contributed by atoms with Gasteiger partial charge in [0.1, 0.15) is 5.60 Å². The largest absolute Gasteiger partial charge is 0.443 e. The van der Waals surface area contributed by atoms with E-state index in [0.717, 1.165) is 12.1 Å². The topological polar surface area (TPSA) is 72.5 Å². The normalized spacial score (nSPS) is 12.9. The fourth-order valence-corrected chi connectivity index (χ4v) is 2.16. The lowest BCUT2D eigenvalue weighted by molar-refractivity contribution is -0.137. The summed E-state index contributed by atoms with van der Waals surface area (Å²) in [5.41, 5.74) is -1.89. The Balaban J connectivity index is 2.91. The van der Waals surface area contributed by atoms with Crippen LogP contribution in [0.15, 0.2) is 29.2 Å². The van der Waals surface area contributed by atoms with Gasteiger partial charge in [0.2, 0.25) is 0 Å². The van der Waals surface area contributed by atoms with E-state index in [1.54, 1.807) is 4.72 Å². The highest BCUT2D eigenvalue weighted by Gasteiger charge is 2.31. The first-order chi connectivity index (χ1) is 9.31. The predicted molar refractivity (Wildman–Crippen MR) is 68.0 cm³/mol. The molecule has 1 aromatic carbocycles. The minimum atomic E-state index is -4.57. The molecule has 0 atom stereocenters. The molecule has 0 aliphatic heterocycles. The van der Waals surface area contributed by atoms with Crippen molar-refractivity contribution in [1.82, 2.24) is 4.72 Å². The van der Waals surface area contributed by atoms with E-state index in [1.807, 2.05) is 0 Å². The van der Waals surface area contributed by atoms with Gasteiger partial charge in [-0.3, -0.25) is 0 Å². The van der Waals surface area contributed by atoms with Gasteiger partial charge in [-0.15, -0.1) is 0 Å². The van der Waals surface area contributed by atoms with Crippen LogP contribution in [0.5, 0.6) is 0 Å². The number of nitrogens with one attached hydrogen (secondary N) is 1. The number of hydrogen-bond donors (Lipinski definition) is 1. The van der Waals surface area contributed by atoms with E-state index in [2.05, 4.69) is 0 Å². The van der Waals surface area contributed by atoms with Crippen molar-refractivity contribution >= 4 is 16.1 Å². The molecule has 21 heavy (non-hydrogen) atoms. The molecule has 0 aliphatic rings. The van der Waals surface area contributed by atoms with Crippen LogP contribution in [0.1, 0.15) is 26.3 Å². The fourth-order valence-electron chi connectivity index (χ4n) is 1.29. The number of halogens is 3. The van der Waals surface area contributed by atoms with Crippen molar-refractivity contribution in [3.63, 3.8) is 0 Å². The Bertz CT molecular complexity index is 615. The monoisotopic (exact) mass is 325 g/mol. The van der Waals surface area contributed by atoms with E-state index in [4.69, 9.17) is 4.74 Å². The van der Waals surface area contributed by atoms with Gasteiger partial charge in [-0.2, -0.15) is 13.2 Å². The van der Waals surface area contributed by atoms with E-state index in [1.165, 1.54) is 20.8 Å². The highest BCUT2D eigenvalue weighted by atomic mass is 32.2. The number of rotatable bonds is 2. The van der Waals surface area contributed by atoms with Crippen LogP contribution in [0.2, 0.25) is 0 Å². The predicted octanol–water partition coefficient (Wildman–Crippen LogP) is 2.92. The summed E-state index contributed by atoms with van der Waals surface area (Å²) in [6.45, 7) is 4.62. The van der Waals surface area contributed by atoms with Crippen LogP contribution in [-0.4, -0.2) is 20.1 Å². The van der Waals surface area contributed by atoms with Crippen molar-refractivity contribution in [1.29, 1.82) is 0 Å². The summed E-state index contributed by atoms with van der Waals surface area (Å²) in [5.74, 6) is 0. The molecule has 0 aromatic heterocycles. The first-order valence-corrected chi connectivity index (χ1v) is 7.23. The summed E-state index contributed by atoms with van der Waals surface area (Å²) in [4.78, 5) is 10.9. The van der Waals surface area contributed by atoms with Gasteiger partial charge in [-0.05, 0) is 45.0 Å². The summed E-state index contributed by atoms with van der Waals surface area (Å²) in [5, 5.41) is 0. The van der Waals surface area contributed by atoms with Crippen LogP contribution in [0.3, 0.4) is 0 Å². The number of carbonyl (C=O) groups excluding carboxylic acids is 1. The Kier molecular flexibility index (Phi) is 4.57. The smallest absolute Gasteiger partial charge is 0.421 e. The van der Waals surface area contributed by atoms with E-state index in [0.29, 0.717) is 12.1 Å². The number of alkyl halides is 3. The highest BCUT2D eigenvalue weighted by Crippen LogP contribution is 2.29. The van der Waals surface area contributed by atoms with Crippen LogP contribution >= 0.6 is 0 Å². The van der Waals surface area contributed by atoms with E-state index >= 15 is 0 Å². The lowest BCUT2D eigenvalue weighted by atomic mass is 10.2. The van der Waals surface area contributed by atoms with Crippen molar-refractivity contribution in [2.45, 2.75) is 37.4 Å². The van der Waals surface area contributed by atoms with Crippen molar-refractivity contribution in [3.8, 4) is 0 Å². The number of amides is 1. The molecule has 0 saturated carbocycles. The third-order valence-electron chi connectivity index (χ3n) is 2.11. The van der Waals surface area contributed by atoms with Crippen LogP contribution < -0.4 is 4.72 Å². The first-order valence-electron chi connectivity index (χ1n) is 5.74. The SMILES string of the molecule is CC(C)(C)OC(=O)NS(=O)(=O)c1ccc(C(F)(F)F)cc1. The average molecular weight is 325 g/mol. The molecule has 0 fully saturated rings. The van der Waals surface area contributed by atoms with Gasteiger partial charge in [0.25, 0.3) is 10.0 Å². The second-order valence-electron chi connectivity index (χ2n) is 5.13. The van der Waals surface area contributed by atoms with Crippen molar-refractivity contribution in [3.05, 3.63) is 29.8 Å². The van der Waals surface area contributed by atoms with Crippen LogP contribution in [0.25, 0.3) is 0 Å². The van der Waals surface area contributed by atoms with E-state index in [9.17, 15) is 26.4 Å². The number of sulfonamides is 1. The second kappa shape index (κ2) is 5.55. The number of ether oxygens (including phenoxy) is 1. The third kappa shape index (κ3) is 5.25. The third-order valence-corrected chi connectivity index (χ3v) is 3.44. The quantitative estimate of drug-likeness (QED) is 0.907. The minimum absolute atomic E-state index is 0.471. The van der Waals surface area contributed by atoms with Gasteiger partial charge in [-0.25, -0.2) is 17.9 Å². The Morgan fingerprint density at radius 3 is 1.95 bits per heavy atom. The van der Waals surface area contributed by atoms with Crippen LogP contribution in [-0.2, 0) is 20.9 Å². The van der Waals surface area contributed by atoms with E-state index in [-0.39, 0.29) is 0 Å². The number of hydrogen-bond acceptors (Lipinski definition) is 4. The maximum absolute atomic E-state index is 12.4. The zero-order valence-electron chi connectivity index (χ0n) is 11.5. The molecule has 1 amide bonds. The molecule has 5 nitrogen and oxygen atoms in total. The van der Waals surface area contributed by atoms with Crippen molar-refractivity contribution in [2.75, 3.05) is 0 Å². The molecule has 1 N–H and O–H groups in total. The number of benzene rings is 1. The Hall–Kier alpha value is -1.77.